The molecule has 1 aromatic heterocycles. The molecule has 1 aromatic carbocycles. The van der Waals surface area contributed by atoms with Crippen molar-refractivity contribution >= 4 is 27.3 Å². The van der Waals surface area contributed by atoms with Crippen molar-refractivity contribution in [2.45, 2.75) is 19.4 Å². The highest BCUT2D eigenvalue weighted by atomic mass is 79.9. The Hall–Kier alpha value is -0.840. The van der Waals surface area contributed by atoms with Crippen LogP contribution in [0.4, 0.5) is 0 Å². The zero-order valence-electron chi connectivity index (χ0n) is 11.2. The molecule has 0 saturated heterocycles. The predicted molar refractivity (Wildman–Crippen MR) is 85.1 cm³/mol. The van der Waals surface area contributed by atoms with E-state index in [0.29, 0.717) is 0 Å². The maximum Gasteiger partial charge on any atom is 0.134 e. The van der Waals surface area contributed by atoms with Gasteiger partial charge in [0.2, 0.25) is 0 Å². The highest BCUT2D eigenvalue weighted by Gasteiger charge is 2.18. The van der Waals surface area contributed by atoms with Gasteiger partial charge in [0.15, 0.2) is 0 Å². The number of benzene rings is 1. The van der Waals surface area contributed by atoms with Crippen LogP contribution in [-0.4, -0.2) is 13.7 Å². The summed E-state index contributed by atoms with van der Waals surface area (Å²) in [5, 5.41) is 5.67. The topological polar surface area (TPSA) is 21.3 Å². The van der Waals surface area contributed by atoms with Crippen LogP contribution in [0.2, 0.25) is 0 Å². The lowest BCUT2D eigenvalue weighted by atomic mass is 10.0. The standard InChI is InChI=1S/C15H18BrNOS/c1-3-9-17-14(11-4-6-12(16)7-5-11)15-13(18-2)8-10-19-15/h4-8,10,14,17H,3,9H2,1-2H3. The molecule has 0 aliphatic rings. The van der Waals surface area contributed by atoms with Gasteiger partial charge in [-0.1, -0.05) is 35.0 Å². The smallest absolute Gasteiger partial charge is 0.134 e. The number of nitrogens with one attached hydrogen (secondary N) is 1. The fourth-order valence-corrected chi connectivity index (χ4v) is 3.22. The molecule has 0 bridgehead atoms. The van der Waals surface area contributed by atoms with E-state index in [-0.39, 0.29) is 6.04 Å². The Morgan fingerprint density at radius 1 is 1.26 bits per heavy atom. The molecular formula is C15H18BrNOS. The van der Waals surface area contributed by atoms with E-state index in [1.54, 1.807) is 18.4 Å². The van der Waals surface area contributed by atoms with E-state index in [0.717, 1.165) is 23.2 Å². The van der Waals surface area contributed by atoms with Crippen LogP contribution < -0.4 is 10.1 Å². The van der Waals surface area contributed by atoms with Gasteiger partial charge >= 0.3 is 0 Å². The first-order chi connectivity index (χ1) is 9.26. The van der Waals surface area contributed by atoms with E-state index in [1.807, 2.05) is 6.07 Å². The molecule has 1 atom stereocenters. The van der Waals surface area contributed by atoms with Crippen molar-refractivity contribution in [1.82, 2.24) is 5.32 Å². The second kappa shape index (κ2) is 7.08. The van der Waals surface area contributed by atoms with Crippen molar-refractivity contribution in [3.05, 3.63) is 50.6 Å². The maximum atomic E-state index is 5.45. The number of rotatable bonds is 6. The van der Waals surface area contributed by atoms with Crippen LogP contribution in [0.15, 0.2) is 40.2 Å². The van der Waals surface area contributed by atoms with E-state index in [4.69, 9.17) is 4.74 Å². The Morgan fingerprint density at radius 2 is 2.00 bits per heavy atom. The summed E-state index contributed by atoms with van der Waals surface area (Å²) >= 11 is 5.21. The molecule has 0 amide bonds. The molecule has 1 N–H and O–H groups in total. The first-order valence-corrected chi connectivity index (χ1v) is 8.03. The molecule has 19 heavy (non-hydrogen) atoms. The Bertz CT molecular complexity index is 509. The van der Waals surface area contributed by atoms with Gasteiger partial charge in [0, 0.05) is 4.47 Å². The van der Waals surface area contributed by atoms with Gasteiger partial charge in [-0.05, 0) is 42.1 Å². The quantitative estimate of drug-likeness (QED) is 0.829. The van der Waals surface area contributed by atoms with Crippen LogP contribution in [0, 0.1) is 0 Å². The molecule has 0 aliphatic heterocycles. The monoisotopic (exact) mass is 339 g/mol. The zero-order chi connectivity index (χ0) is 13.7. The summed E-state index contributed by atoms with van der Waals surface area (Å²) in [6, 6.07) is 10.7. The molecule has 2 rings (SSSR count). The Balaban J connectivity index is 2.32. The number of hydrogen-bond acceptors (Lipinski definition) is 3. The highest BCUT2D eigenvalue weighted by molar-refractivity contribution is 9.10. The van der Waals surface area contributed by atoms with E-state index in [2.05, 4.69) is 57.8 Å². The first-order valence-electron chi connectivity index (χ1n) is 6.36. The van der Waals surface area contributed by atoms with E-state index < -0.39 is 0 Å². The van der Waals surface area contributed by atoms with Crippen molar-refractivity contribution in [2.75, 3.05) is 13.7 Å². The van der Waals surface area contributed by atoms with Gasteiger partial charge < -0.3 is 10.1 Å². The minimum absolute atomic E-state index is 0.197. The second-order valence-electron chi connectivity index (χ2n) is 4.29. The van der Waals surface area contributed by atoms with Crippen molar-refractivity contribution < 1.29 is 4.74 Å². The van der Waals surface area contributed by atoms with Gasteiger partial charge in [-0.3, -0.25) is 0 Å². The van der Waals surface area contributed by atoms with E-state index in [9.17, 15) is 0 Å². The lowest BCUT2D eigenvalue weighted by Gasteiger charge is -2.19. The number of methoxy groups -OCH3 is 1. The third-order valence-electron chi connectivity index (χ3n) is 2.94. The maximum absolute atomic E-state index is 5.45. The summed E-state index contributed by atoms with van der Waals surface area (Å²) in [6.07, 6.45) is 1.11. The largest absolute Gasteiger partial charge is 0.496 e. The molecule has 0 aliphatic carbocycles. The Morgan fingerprint density at radius 3 is 2.63 bits per heavy atom. The van der Waals surface area contributed by atoms with Crippen LogP contribution in [-0.2, 0) is 0 Å². The number of halogens is 1. The van der Waals surface area contributed by atoms with Crippen LogP contribution in [0.25, 0.3) is 0 Å². The van der Waals surface area contributed by atoms with Gasteiger partial charge in [-0.15, -0.1) is 11.3 Å². The molecule has 1 heterocycles. The summed E-state index contributed by atoms with van der Waals surface area (Å²) < 4.78 is 6.55. The number of thiophene rings is 1. The van der Waals surface area contributed by atoms with Crippen molar-refractivity contribution in [3.8, 4) is 5.75 Å². The number of hydrogen-bond donors (Lipinski definition) is 1. The molecule has 0 radical (unpaired) electrons. The molecule has 0 spiro atoms. The predicted octanol–water partition coefficient (Wildman–Crippen LogP) is 4.61. The molecule has 0 fully saturated rings. The van der Waals surface area contributed by atoms with Gasteiger partial charge in [-0.25, -0.2) is 0 Å². The molecule has 0 saturated carbocycles. The summed E-state index contributed by atoms with van der Waals surface area (Å²) in [4.78, 5) is 1.23. The van der Waals surface area contributed by atoms with Crippen LogP contribution in [0.3, 0.4) is 0 Å². The Kier molecular flexibility index (Phi) is 5.43. The van der Waals surface area contributed by atoms with Crippen molar-refractivity contribution in [1.29, 1.82) is 0 Å². The van der Waals surface area contributed by atoms with Crippen LogP contribution >= 0.6 is 27.3 Å². The van der Waals surface area contributed by atoms with Gasteiger partial charge in [0.25, 0.3) is 0 Å². The van der Waals surface area contributed by atoms with Gasteiger partial charge in [0.05, 0.1) is 18.0 Å². The molecule has 1 unspecified atom stereocenters. The number of ether oxygens (including phenoxy) is 1. The average molecular weight is 340 g/mol. The lowest BCUT2D eigenvalue weighted by molar-refractivity contribution is 0.407. The average Bonchev–Trinajstić information content (AvgIpc) is 2.89. The van der Waals surface area contributed by atoms with E-state index in [1.165, 1.54) is 10.4 Å². The summed E-state index contributed by atoms with van der Waals surface area (Å²) in [6.45, 7) is 3.17. The van der Waals surface area contributed by atoms with E-state index >= 15 is 0 Å². The molecule has 2 aromatic rings. The molecule has 2 nitrogen and oxygen atoms in total. The molecular weight excluding hydrogens is 322 g/mol. The van der Waals surface area contributed by atoms with Crippen molar-refractivity contribution in [2.24, 2.45) is 0 Å². The molecule has 102 valence electrons. The fraction of sp³-hybridized carbons (Fsp3) is 0.333. The fourth-order valence-electron chi connectivity index (χ4n) is 1.99. The van der Waals surface area contributed by atoms with Gasteiger partial charge in [-0.2, -0.15) is 0 Å². The second-order valence-corrected chi connectivity index (χ2v) is 6.16. The SMILES string of the molecule is CCCNC(c1ccc(Br)cc1)c1sccc1OC. The third-order valence-corrected chi connectivity index (χ3v) is 4.43. The summed E-state index contributed by atoms with van der Waals surface area (Å²) in [5.74, 6) is 0.960. The summed E-state index contributed by atoms with van der Waals surface area (Å²) in [5.41, 5.74) is 1.26. The summed E-state index contributed by atoms with van der Waals surface area (Å²) in [7, 11) is 1.73. The van der Waals surface area contributed by atoms with Crippen LogP contribution in [0.5, 0.6) is 5.75 Å². The van der Waals surface area contributed by atoms with Gasteiger partial charge in [0.1, 0.15) is 5.75 Å². The third kappa shape index (κ3) is 3.59. The zero-order valence-corrected chi connectivity index (χ0v) is 13.6. The highest BCUT2D eigenvalue weighted by Crippen LogP contribution is 2.35. The minimum atomic E-state index is 0.197. The first kappa shape index (κ1) is 14.6. The minimum Gasteiger partial charge on any atom is -0.496 e. The van der Waals surface area contributed by atoms with Crippen LogP contribution in [0.1, 0.15) is 29.8 Å². The lowest BCUT2D eigenvalue weighted by Crippen LogP contribution is -2.22. The van der Waals surface area contributed by atoms with Crippen molar-refractivity contribution in [3.63, 3.8) is 0 Å². The molecule has 4 heteroatoms. The normalized spacial score (nSPS) is 12.4. The Labute approximate surface area is 126 Å².